The zero-order valence-corrected chi connectivity index (χ0v) is 12.5. The highest BCUT2D eigenvalue weighted by Crippen LogP contribution is 2.30. The Morgan fingerprint density at radius 2 is 2.11 bits per heavy atom. The van der Waals surface area contributed by atoms with Crippen LogP contribution in [0.2, 0.25) is 0 Å². The van der Waals surface area contributed by atoms with Gasteiger partial charge in [-0.25, -0.2) is 5.06 Å². The van der Waals surface area contributed by atoms with Gasteiger partial charge >= 0.3 is 0 Å². The maximum atomic E-state index is 12.3. The van der Waals surface area contributed by atoms with Crippen molar-refractivity contribution in [3.05, 3.63) is 32.8 Å². The van der Waals surface area contributed by atoms with Gasteiger partial charge in [-0.3, -0.25) is 9.63 Å². The number of nitrogens with one attached hydrogen (secondary N) is 1. The molecule has 0 atom stereocenters. The van der Waals surface area contributed by atoms with Crippen LogP contribution in [0.1, 0.15) is 16.8 Å². The summed E-state index contributed by atoms with van der Waals surface area (Å²) in [6.07, 6.45) is 2.62. The molecular weight excluding hydrogens is 364 g/mol. The Morgan fingerprint density at radius 3 is 2.83 bits per heavy atom. The summed E-state index contributed by atoms with van der Waals surface area (Å²) in [4.78, 5) is 20.7. The van der Waals surface area contributed by atoms with Crippen molar-refractivity contribution in [1.82, 2.24) is 10.0 Å². The molecule has 2 heterocycles. The number of fused-ring (bicyclic) bond motifs is 1. The molecule has 0 bridgehead atoms. The van der Waals surface area contributed by atoms with Crippen LogP contribution in [0.5, 0.6) is 0 Å². The van der Waals surface area contributed by atoms with Crippen molar-refractivity contribution in [3.8, 4) is 0 Å². The molecule has 1 fully saturated rings. The van der Waals surface area contributed by atoms with Gasteiger partial charge in [0.15, 0.2) is 0 Å². The van der Waals surface area contributed by atoms with Crippen LogP contribution in [0.3, 0.4) is 0 Å². The van der Waals surface area contributed by atoms with E-state index >= 15 is 0 Å². The second kappa shape index (κ2) is 4.68. The first kappa shape index (κ1) is 12.2. The first-order valence-corrected chi connectivity index (χ1v) is 7.16. The lowest BCUT2D eigenvalue weighted by Crippen LogP contribution is -2.26. The van der Waals surface area contributed by atoms with Crippen molar-refractivity contribution in [2.24, 2.45) is 0 Å². The maximum absolute atomic E-state index is 12.3. The molecule has 4 nitrogen and oxygen atoms in total. The largest absolute Gasteiger partial charge is 0.360 e. The molecule has 0 saturated carbocycles. The lowest BCUT2D eigenvalue weighted by molar-refractivity contribution is -0.0767. The summed E-state index contributed by atoms with van der Waals surface area (Å²) in [5, 5.41) is 2.32. The number of carbonyl (C=O) groups excluding carboxylic acids is 1. The molecule has 1 amide bonds. The molecule has 94 valence electrons. The number of halogens is 2. The Hall–Kier alpha value is -0.850. The summed E-state index contributed by atoms with van der Waals surface area (Å²) in [7, 11) is 0. The molecule has 1 aromatic heterocycles. The van der Waals surface area contributed by atoms with Crippen LogP contribution in [0.25, 0.3) is 10.9 Å². The number of nitrogens with zero attached hydrogens (tertiary/aromatic N) is 1. The van der Waals surface area contributed by atoms with Gasteiger partial charge < -0.3 is 4.98 Å². The van der Waals surface area contributed by atoms with E-state index < -0.39 is 0 Å². The van der Waals surface area contributed by atoms with Gasteiger partial charge in [-0.2, -0.15) is 0 Å². The van der Waals surface area contributed by atoms with Gasteiger partial charge in [-0.1, -0.05) is 0 Å². The zero-order chi connectivity index (χ0) is 12.7. The smallest absolute Gasteiger partial charge is 0.279 e. The van der Waals surface area contributed by atoms with Crippen LogP contribution in [-0.2, 0) is 4.84 Å². The monoisotopic (exact) mass is 372 g/mol. The molecule has 2 aromatic rings. The molecule has 6 heteroatoms. The van der Waals surface area contributed by atoms with E-state index in [-0.39, 0.29) is 5.91 Å². The first-order chi connectivity index (χ1) is 8.66. The molecule has 0 aliphatic carbocycles. The number of amides is 1. The lowest BCUT2D eigenvalue weighted by Gasteiger charge is -2.12. The summed E-state index contributed by atoms with van der Waals surface area (Å²) in [5.74, 6) is -0.0898. The van der Waals surface area contributed by atoms with Gasteiger partial charge in [0.2, 0.25) is 0 Å². The van der Waals surface area contributed by atoms with E-state index in [0.717, 1.165) is 26.3 Å². The average molecular weight is 374 g/mol. The van der Waals surface area contributed by atoms with Crippen LogP contribution in [0, 0.1) is 0 Å². The fourth-order valence-electron chi connectivity index (χ4n) is 2.04. The van der Waals surface area contributed by atoms with E-state index in [1.165, 1.54) is 5.06 Å². The molecule has 0 unspecified atom stereocenters. The number of carbonyl (C=O) groups is 1. The predicted octanol–water partition coefficient (Wildman–Crippen LogP) is 3.47. The molecule has 1 N–H and O–H groups in total. The van der Waals surface area contributed by atoms with Crippen LogP contribution < -0.4 is 0 Å². The van der Waals surface area contributed by atoms with E-state index in [9.17, 15) is 4.79 Å². The van der Waals surface area contributed by atoms with E-state index in [1.54, 1.807) is 6.20 Å². The first-order valence-electron chi connectivity index (χ1n) is 5.58. The molecular formula is C12H10Br2N2O2. The molecule has 1 aliphatic heterocycles. The molecule has 1 saturated heterocycles. The fraction of sp³-hybridized carbons (Fsp3) is 0.250. The molecule has 0 spiro atoms. The number of benzene rings is 1. The average Bonchev–Trinajstić information content (AvgIpc) is 2.98. The van der Waals surface area contributed by atoms with Crippen molar-refractivity contribution < 1.29 is 9.63 Å². The summed E-state index contributed by atoms with van der Waals surface area (Å²) < 4.78 is 1.87. The van der Waals surface area contributed by atoms with Crippen LogP contribution in [0.4, 0.5) is 0 Å². The normalized spacial score (nSPS) is 15.6. The number of aromatic nitrogens is 1. The van der Waals surface area contributed by atoms with E-state index in [1.807, 2.05) is 12.1 Å². The fourth-order valence-corrected chi connectivity index (χ4v) is 2.72. The summed E-state index contributed by atoms with van der Waals surface area (Å²) in [5.41, 5.74) is 1.56. The van der Waals surface area contributed by atoms with E-state index in [4.69, 9.17) is 4.84 Å². The van der Waals surface area contributed by atoms with Crippen LogP contribution in [0.15, 0.2) is 27.3 Å². The van der Waals surface area contributed by atoms with Crippen molar-refractivity contribution in [3.63, 3.8) is 0 Å². The second-order valence-electron chi connectivity index (χ2n) is 4.11. The molecule has 1 aliphatic rings. The summed E-state index contributed by atoms with van der Waals surface area (Å²) in [6.45, 7) is 1.27. The van der Waals surface area contributed by atoms with Crippen molar-refractivity contribution in [1.29, 1.82) is 0 Å². The van der Waals surface area contributed by atoms with Crippen molar-refractivity contribution in [2.75, 3.05) is 13.2 Å². The molecule has 3 rings (SSSR count). The number of hydroxylamine groups is 2. The molecule has 18 heavy (non-hydrogen) atoms. The third-order valence-corrected chi connectivity index (χ3v) is 4.78. The highest BCUT2D eigenvalue weighted by molar-refractivity contribution is 9.13. The number of hydrogen-bond acceptors (Lipinski definition) is 2. The Bertz CT molecular complexity index is 618. The van der Waals surface area contributed by atoms with E-state index in [2.05, 4.69) is 36.8 Å². The summed E-state index contributed by atoms with van der Waals surface area (Å²) in [6, 6.07) is 3.88. The third-order valence-electron chi connectivity index (χ3n) is 2.93. The second-order valence-corrected chi connectivity index (χ2v) is 5.82. The Morgan fingerprint density at radius 1 is 1.33 bits per heavy atom. The molecule has 1 aromatic carbocycles. The highest BCUT2D eigenvalue weighted by Gasteiger charge is 2.23. The topological polar surface area (TPSA) is 45.3 Å². The zero-order valence-electron chi connectivity index (χ0n) is 9.37. The van der Waals surface area contributed by atoms with Crippen molar-refractivity contribution >= 4 is 48.7 Å². The number of H-pyrrole nitrogens is 1. The number of rotatable bonds is 1. The summed E-state index contributed by atoms with van der Waals surface area (Å²) >= 11 is 6.89. The van der Waals surface area contributed by atoms with Gasteiger partial charge in [0.25, 0.3) is 5.91 Å². The minimum Gasteiger partial charge on any atom is -0.360 e. The van der Waals surface area contributed by atoms with Gasteiger partial charge in [0, 0.05) is 26.0 Å². The Labute approximate surface area is 121 Å². The minimum atomic E-state index is -0.0898. The SMILES string of the molecule is O=C(c1c[nH]c2cc(Br)c(Br)cc12)N1CCCO1. The van der Waals surface area contributed by atoms with Gasteiger partial charge in [0.1, 0.15) is 0 Å². The minimum absolute atomic E-state index is 0.0898. The lowest BCUT2D eigenvalue weighted by atomic mass is 10.1. The Balaban J connectivity index is 2.06. The third kappa shape index (κ3) is 1.98. The van der Waals surface area contributed by atoms with Crippen LogP contribution >= 0.6 is 31.9 Å². The quantitative estimate of drug-likeness (QED) is 0.831. The predicted molar refractivity (Wildman–Crippen MR) is 75.3 cm³/mol. The standard InChI is InChI=1S/C12H10Br2N2O2/c13-9-4-7-8(6-15-11(7)5-10(9)14)12(17)16-2-1-3-18-16/h4-6,15H,1-3H2. The van der Waals surface area contributed by atoms with E-state index in [0.29, 0.717) is 18.7 Å². The number of hydrogen-bond donors (Lipinski definition) is 1. The molecule has 0 radical (unpaired) electrons. The van der Waals surface area contributed by atoms with Gasteiger partial charge in [-0.15, -0.1) is 0 Å². The highest BCUT2D eigenvalue weighted by atomic mass is 79.9. The number of aromatic amines is 1. The Kier molecular flexibility index (Phi) is 3.17. The van der Waals surface area contributed by atoms with Crippen molar-refractivity contribution in [2.45, 2.75) is 6.42 Å². The van der Waals surface area contributed by atoms with Gasteiger partial charge in [-0.05, 0) is 50.4 Å². The van der Waals surface area contributed by atoms with Gasteiger partial charge in [0.05, 0.1) is 18.7 Å². The van der Waals surface area contributed by atoms with Crippen LogP contribution in [-0.4, -0.2) is 29.1 Å². The maximum Gasteiger partial charge on any atom is 0.279 e.